The molecule has 0 atom stereocenters. The number of halogens is 5. The van der Waals surface area contributed by atoms with Crippen molar-refractivity contribution in [1.82, 2.24) is 9.97 Å². The highest BCUT2D eigenvalue weighted by Crippen LogP contribution is 2.51. The fraction of sp³-hybridized carbons (Fsp3) is 0.500. The maximum Gasteiger partial charge on any atom is 0.411 e. The van der Waals surface area contributed by atoms with E-state index in [1.54, 1.807) is 0 Å². The Morgan fingerprint density at radius 1 is 1.44 bits per heavy atom. The highest BCUT2D eigenvalue weighted by atomic mass is 79.9. The minimum Gasteiger partial charge on any atom is -0.355 e. The van der Waals surface area contributed by atoms with Gasteiger partial charge >= 0.3 is 6.18 Å². The summed E-state index contributed by atoms with van der Waals surface area (Å²) in [6.45, 7) is 0. The molecule has 16 heavy (non-hydrogen) atoms. The quantitative estimate of drug-likeness (QED) is 0.850. The van der Waals surface area contributed by atoms with Crippen molar-refractivity contribution in [3.8, 4) is 0 Å². The number of anilines is 1. The minimum absolute atomic E-state index is 0.0462. The van der Waals surface area contributed by atoms with Gasteiger partial charge in [0.15, 0.2) is 0 Å². The molecule has 2 rings (SSSR count). The summed E-state index contributed by atoms with van der Waals surface area (Å²) in [5.74, 6) is 0.0647. The molecule has 1 N–H and O–H groups in total. The summed E-state index contributed by atoms with van der Waals surface area (Å²) in [6, 6.07) is 0. The van der Waals surface area contributed by atoms with Crippen molar-refractivity contribution in [1.29, 1.82) is 0 Å². The normalized spacial score (nSPS) is 18.3. The van der Waals surface area contributed by atoms with Crippen molar-refractivity contribution in [2.45, 2.75) is 24.6 Å². The SMILES string of the molecule is FC(F)(F)C1(Nc2nc(Cl)ncc2Br)CC1. The van der Waals surface area contributed by atoms with Crippen LogP contribution in [0.1, 0.15) is 12.8 Å². The first-order valence-corrected chi connectivity index (χ1v) is 5.54. The summed E-state index contributed by atoms with van der Waals surface area (Å²) in [5, 5.41) is 2.28. The Morgan fingerprint density at radius 2 is 2.06 bits per heavy atom. The van der Waals surface area contributed by atoms with E-state index in [1.807, 2.05) is 0 Å². The summed E-state index contributed by atoms with van der Waals surface area (Å²) in [6.07, 6.45) is -2.89. The Kier molecular flexibility index (Phi) is 2.78. The van der Waals surface area contributed by atoms with E-state index < -0.39 is 11.7 Å². The highest BCUT2D eigenvalue weighted by molar-refractivity contribution is 9.10. The van der Waals surface area contributed by atoms with E-state index in [0.717, 1.165) is 0 Å². The van der Waals surface area contributed by atoms with Gasteiger partial charge in [-0.05, 0) is 40.4 Å². The third-order valence-corrected chi connectivity index (χ3v) is 3.13. The number of rotatable bonds is 2. The number of hydrogen-bond donors (Lipinski definition) is 1. The fourth-order valence-corrected chi connectivity index (χ4v) is 1.69. The molecular formula is C8H6BrClF3N3. The fourth-order valence-electron chi connectivity index (χ4n) is 1.26. The molecule has 0 unspecified atom stereocenters. The summed E-state index contributed by atoms with van der Waals surface area (Å²) < 4.78 is 38.3. The van der Waals surface area contributed by atoms with Crippen LogP contribution in [-0.2, 0) is 0 Å². The second-order valence-electron chi connectivity index (χ2n) is 3.54. The minimum atomic E-state index is -4.29. The predicted molar refractivity (Wildman–Crippen MR) is 56.4 cm³/mol. The van der Waals surface area contributed by atoms with E-state index in [0.29, 0.717) is 4.47 Å². The van der Waals surface area contributed by atoms with Crippen LogP contribution in [0.15, 0.2) is 10.7 Å². The van der Waals surface area contributed by atoms with E-state index in [9.17, 15) is 13.2 Å². The van der Waals surface area contributed by atoms with Gasteiger partial charge in [-0.2, -0.15) is 18.2 Å². The lowest BCUT2D eigenvalue weighted by molar-refractivity contribution is -0.151. The largest absolute Gasteiger partial charge is 0.411 e. The molecule has 0 spiro atoms. The van der Waals surface area contributed by atoms with Crippen LogP contribution >= 0.6 is 27.5 Å². The Bertz CT molecular complexity index is 419. The zero-order valence-corrected chi connectivity index (χ0v) is 10.1. The summed E-state index contributed by atoms with van der Waals surface area (Å²) >= 11 is 8.58. The van der Waals surface area contributed by atoms with Gasteiger partial charge in [-0.3, -0.25) is 0 Å². The number of aromatic nitrogens is 2. The van der Waals surface area contributed by atoms with E-state index in [2.05, 4.69) is 31.2 Å². The van der Waals surface area contributed by atoms with Crippen LogP contribution in [0, 0.1) is 0 Å². The molecule has 1 fully saturated rings. The van der Waals surface area contributed by atoms with Gasteiger partial charge in [0.2, 0.25) is 5.28 Å². The van der Waals surface area contributed by atoms with E-state index in [1.165, 1.54) is 6.20 Å². The van der Waals surface area contributed by atoms with Crippen molar-refractivity contribution in [2.75, 3.05) is 5.32 Å². The zero-order valence-electron chi connectivity index (χ0n) is 7.78. The smallest absolute Gasteiger partial charge is 0.355 e. The number of alkyl halides is 3. The Morgan fingerprint density at radius 3 is 2.56 bits per heavy atom. The molecule has 0 saturated heterocycles. The summed E-state index contributed by atoms with van der Waals surface area (Å²) in [7, 11) is 0. The maximum absolute atomic E-state index is 12.7. The van der Waals surface area contributed by atoms with Crippen LogP contribution in [0.25, 0.3) is 0 Å². The molecule has 1 aliphatic carbocycles. The van der Waals surface area contributed by atoms with Crippen LogP contribution in [0.4, 0.5) is 19.0 Å². The van der Waals surface area contributed by atoms with E-state index in [4.69, 9.17) is 11.6 Å². The Labute approximate surface area is 103 Å². The molecule has 88 valence electrons. The molecular weight excluding hydrogens is 310 g/mol. The van der Waals surface area contributed by atoms with Gasteiger partial charge in [-0.1, -0.05) is 0 Å². The van der Waals surface area contributed by atoms with Crippen molar-refractivity contribution >= 4 is 33.3 Å². The first-order valence-electron chi connectivity index (χ1n) is 4.37. The van der Waals surface area contributed by atoms with Gasteiger partial charge in [-0.15, -0.1) is 0 Å². The van der Waals surface area contributed by atoms with E-state index >= 15 is 0 Å². The average Bonchev–Trinajstić information content (AvgIpc) is 2.91. The van der Waals surface area contributed by atoms with Crippen LogP contribution in [0.2, 0.25) is 5.28 Å². The Balaban J connectivity index is 2.25. The van der Waals surface area contributed by atoms with E-state index in [-0.39, 0.29) is 23.9 Å². The van der Waals surface area contributed by atoms with Gasteiger partial charge < -0.3 is 5.32 Å². The molecule has 1 aromatic rings. The molecule has 1 heterocycles. The monoisotopic (exact) mass is 315 g/mol. The van der Waals surface area contributed by atoms with Crippen molar-refractivity contribution in [3.63, 3.8) is 0 Å². The molecule has 1 aliphatic rings. The second-order valence-corrected chi connectivity index (χ2v) is 4.73. The molecule has 0 amide bonds. The topological polar surface area (TPSA) is 37.8 Å². The molecule has 8 heteroatoms. The highest BCUT2D eigenvalue weighted by Gasteiger charge is 2.63. The molecule has 0 aromatic carbocycles. The number of hydrogen-bond acceptors (Lipinski definition) is 3. The predicted octanol–water partition coefficient (Wildman–Crippen LogP) is 3.40. The second kappa shape index (κ2) is 3.73. The molecule has 0 bridgehead atoms. The molecule has 0 radical (unpaired) electrons. The first kappa shape index (κ1) is 11.9. The lowest BCUT2D eigenvalue weighted by Crippen LogP contribution is -2.39. The maximum atomic E-state index is 12.7. The third-order valence-electron chi connectivity index (χ3n) is 2.37. The van der Waals surface area contributed by atoms with Gasteiger partial charge in [0.05, 0.1) is 4.47 Å². The first-order chi connectivity index (χ1) is 7.34. The van der Waals surface area contributed by atoms with Crippen LogP contribution in [0.3, 0.4) is 0 Å². The van der Waals surface area contributed by atoms with Gasteiger partial charge in [0, 0.05) is 6.20 Å². The van der Waals surface area contributed by atoms with Crippen molar-refractivity contribution < 1.29 is 13.2 Å². The van der Waals surface area contributed by atoms with Gasteiger partial charge in [-0.25, -0.2) is 4.98 Å². The number of nitrogens with one attached hydrogen (secondary N) is 1. The molecule has 0 aliphatic heterocycles. The lowest BCUT2D eigenvalue weighted by Gasteiger charge is -2.21. The van der Waals surface area contributed by atoms with Crippen LogP contribution in [-0.4, -0.2) is 21.7 Å². The standard InChI is InChI=1S/C8H6BrClF3N3/c9-4-3-14-6(10)15-5(4)16-7(1-2-7)8(11,12)13/h3H,1-2H2,(H,14,15,16). The van der Waals surface area contributed by atoms with Gasteiger partial charge in [0.1, 0.15) is 11.4 Å². The summed E-state index contributed by atoms with van der Waals surface area (Å²) in [4.78, 5) is 7.35. The summed E-state index contributed by atoms with van der Waals surface area (Å²) in [5.41, 5.74) is -1.85. The molecule has 3 nitrogen and oxygen atoms in total. The molecule has 1 saturated carbocycles. The van der Waals surface area contributed by atoms with Gasteiger partial charge in [0.25, 0.3) is 0 Å². The molecule has 1 aromatic heterocycles. The number of nitrogens with zero attached hydrogens (tertiary/aromatic N) is 2. The Hall–Kier alpha value is -0.560. The lowest BCUT2D eigenvalue weighted by atomic mass is 10.2. The third kappa shape index (κ3) is 2.10. The van der Waals surface area contributed by atoms with Crippen molar-refractivity contribution in [3.05, 3.63) is 16.0 Å². The van der Waals surface area contributed by atoms with Crippen LogP contribution in [0.5, 0.6) is 0 Å². The van der Waals surface area contributed by atoms with Crippen molar-refractivity contribution in [2.24, 2.45) is 0 Å². The zero-order chi connectivity index (χ0) is 12.0. The average molecular weight is 317 g/mol. The van der Waals surface area contributed by atoms with Crippen LogP contribution < -0.4 is 5.32 Å².